The minimum absolute atomic E-state index is 0.106. The van der Waals surface area contributed by atoms with Crippen LogP contribution in [0.1, 0.15) is 50.8 Å². The van der Waals surface area contributed by atoms with Crippen molar-refractivity contribution in [2.24, 2.45) is 0 Å². The number of rotatable bonds is 8. The maximum atomic E-state index is 2.45. The number of anilines is 3. The van der Waals surface area contributed by atoms with Gasteiger partial charge in [0.15, 0.2) is 0 Å². The van der Waals surface area contributed by atoms with E-state index in [0.29, 0.717) is 0 Å². The van der Waals surface area contributed by atoms with Crippen molar-refractivity contribution in [3.8, 4) is 27.9 Å². The Bertz CT molecular complexity index is 3480. The van der Waals surface area contributed by atoms with Crippen LogP contribution >= 0.6 is 0 Å². The van der Waals surface area contributed by atoms with E-state index in [-0.39, 0.29) is 5.41 Å². The highest BCUT2D eigenvalue weighted by atomic mass is 15.1. The van der Waals surface area contributed by atoms with Crippen LogP contribution in [0.4, 0.5) is 17.1 Å². The third-order valence-corrected chi connectivity index (χ3v) is 13.7. The molecule has 0 saturated heterocycles. The fourth-order valence-electron chi connectivity index (χ4n) is 10.5. The van der Waals surface area contributed by atoms with Crippen molar-refractivity contribution in [1.29, 1.82) is 0 Å². The van der Waals surface area contributed by atoms with Crippen LogP contribution in [-0.2, 0) is 5.41 Å². The molecule has 66 heavy (non-hydrogen) atoms. The molecule has 318 valence electrons. The van der Waals surface area contributed by atoms with Gasteiger partial charge >= 0.3 is 0 Å². The predicted molar refractivity (Wildman–Crippen MR) is 284 cm³/mol. The molecular weight excluding hydrogens is 797 g/mol. The third kappa shape index (κ3) is 6.89. The van der Waals surface area contributed by atoms with Gasteiger partial charge in [-0.1, -0.05) is 197 Å². The monoisotopic (exact) mass is 848 g/mol. The van der Waals surface area contributed by atoms with Crippen LogP contribution in [0.3, 0.4) is 0 Å². The zero-order valence-electron chi connectivity index (χ0n) is 38.0. The number of hydrogen-bond donors (Lipinski definition) is 0. The van der Waals surface area contributed by atoms with Crippen LogP contribution < -0.4 is 4.90 Å². The predicted octanol–water partition coefficient (Wildman–Crippen LogP) is 18.0. The zero-order valence-corrected chi connectivity index (χ0v) is 38.0. The van der Waals surface area contributed by atoms with E-state index in [0.717, 1.165) is 34.5 Å². The van der Waals surface area contributed by atoms with Crippen molar-refractivity contribution in [3.63, 3.8) is 0 Å². The Morgan fingerprint density at radius 3 is 1.52 bits per heavy atom. The average molecular weight is 849 g/mol. The second-order valence-electron chi connectivity index (χ2n) is 17.9. The highest BCUT2D eigenvalue weighted by Crippen LogP contribution is 2.54. The molecule has 0 radical (unpaired) electrons. The molecule has 0 N–H and O–H groups in total. The lowest BCUT2D eigenvalue weighted by Gasteiger charge is -2.29. The molecule has 0 amide bonds. The molecule has 0 fully saturated rings. The summed E-state index contributed by atoms with van der Waals surface area (Å²) in [4.78, 5) is 2.45. The van der Waals surface area contributed by atoms with Crippen molar-refractivity contribution < 1.29 is 0 Å². The van der Waals surface area contributed by atoms with Crippen molar-refractivity contribution >= 4 is 66.0 Å². The maximum absolute atomic E-state index is 2.45. The van der Waals surface area contributed by atoms with Crippen molar-refractivity contribution in [3.05, 3.63) is 247 Å². The van der Waals surface area contributed by atoms with Crippen molar-refractivity contribution in [2.75, 3.05) is 4.90 Å². The number of fused-ring (bicyclic) bond motifs is 10. The first-order valence-corrected chi connectivity index (χ1v) is 23.3. The number of hydrogen-bond acceptors (Lipinski definition) is 1. The Morgan fingerprint density at radius 1 is 0.485 bits per heavy atom. The molecule has 9 aromatic carbocycles. The van der Waals surface area contributed by atoms with Crippen LogP contribution in [0, 0.1) is 0 Å². The van der Waals surface area contributed by atoms with Gasteiger partial charge in [0, 0.05) is 38.8 Å². The smallest absolute Gasteiger partial charge is 0.0543 e. The second-order valence-corrected chi connectivity index (χ2v) is 17.9. The van der Waals surface area contributed by atoms with Crippen molar-refractivity contribution in [2.45, 2.75) is 39.5 Å². The second kappa shape index (κ2) is 16.9. The van der Waals surface area contributed by atoms with Crippen LogP contribution in [0.25, 0.3) is 76.9 Å². The van der Waals surface area contributed by atoms with Gasteiger partial charge in [-0.05, 0) is 128 Å². The van der Waals surface area contributed by atoms with Gasteiger partial charge in [-0.3, -0.25) is 0 Å². The van der Waals surface area contributed by atoms with Crippen LogP contribution in [-0.4, -0.2) is 4.57 Å². The van der Waals surface area contributed by atoms with Gasteiger partial charge in [-0.25, -0.2) is 0 Å². The van der Waals surface area contributed by atoms with Gasteiger partial charge in [-0.2, -0.15) is 0 Å². The largest absolute Gasteiger partial charge is 0.310 e. The summed E-state index contributed by atoms with van der Waals surface area (Å²) in [7, 11) is 0. The topological polar surface area (TPSA) is 8.17 Å². The number of nitrogens with zero attached hydrogens (tertiary/aromatic N) is 2. The molecule has 2 heteroatoms. The lowest BCUT2D eigenvalue weighted by Crippen LogP contribution is -2.16. The molecule has 2 nitrogen and oxygen atoms in total. The minimum atomic E-state index is -0.106. The summed E-state index contributed by atoms with van der Waals surface area (Å²) in [6.45, 7) is 8.99. The van der Waals surface area contributed by atoms with E-state index in [2.05, 4.69) is 268 Å². The van der Waals surface area contributed by atoms with Crippen molar-refractivity contribution in [1.82, 2.24) is 4.57 Å². The van der Waals surface area contributed by atoms with E-state index in [1.165, 1.54) is 82.5 Å². The fraction of sp³-hybridized carbons (Fsp3) is 0.0938. The van der Waals surface area contributed by atoms with Crippen LogP contribution in [0.2, 0.25) is 0 Å². The Labute approximate surface area is 388 Å². The molecule has 0 atom stereocenters. The molecule has 0 spiro atoms. The molecule has 0 aliphatic heterocycles. The Hall–Kier alpha value is -7.94. The molecule has 11 rings (SSSR count). The van der Waals surface area contributed by atoms with E-state index < -0.39 is 0 Å². The Morgan fingerprint density at radius 2 is 0.955 bits per heavy atom. The van der Waals surface area contributed by atoms with Gasteiger partial charge in [0.2, 0.25) is 0 Å². The number of aromatic nitrogens is 1. The molecule has 1 aliphatic carbocycles. The van der Waals surface area contributed by atoms with E-state index in [1.54, 1.807) is 0 Å². The standard InChI is InChI=1S/C64H52N2/c1-5-18-44(19-6-2)45-32-38-48(39-33-45)65(62-31-17-28-59-63(62)57-26-11-14-27-58(57)64(59,3)4)49-40-34-46(35-41-49)47-36-42-50(43-37-47)66-60-29-15-12-24-55(60)53-22-9-7-20-51(53)52-21-8-10-23-54(52)56-25-13-16-30-61(56)66/h5,7-43H,6H2,1-4H3/b18-5-,44-19+. The summed E-state index contributed by atoms with van der Waals surface area (Å²) < 4.78 is 2.44. The lowest BCUT2D eigenvalue weighted by atomic mass is 9.82. The summed E-state index contributed by atoms with van der Waals surface area (Å²) in [5.74, 6) is 0. The van der Waals surface area contributed by atoms with E-state index in [9.17, 15) is 0 Å². The van der Waals surface area contributed by atoms with E-state index >= 15 is 0 Å². The maximum Gasteiger partial charge on any atom is 0.0543 e. The molecule has 0 bridgehead atoms. The molecule has 1 heterocycles. The third-order valence-electron chi connectivity index (χ3n) is 13.7. The minimum Gasteiger partial charge on any atom is -0.310 e. The van der Waals surface area contributed by atoms with Gasteiger partial charge in [0.1, 0.15) is 0 Å². The van der Waals surface area contributed by atoms with Crippen LogP contribution in [0.15, 0.2) is 231 Å². The average Bonchev–Trinajstić information content (AvgIpc) is 3.63. The zero-order chi connectivity index (χ0) is 44.8. The summed E-state index contributed by atoms with van der Waals surface area (Å²) in [6, 6.07) is 78.4. The molecule has 10 aromatic rings. The summed E-state index contributed by atoms with van der Waals surface area (Å²) in [5.41, 5.74) is 16.8. The molecular formula is C64H52N2. The molecule has 0 unspecified atom stereocenters. The summed E-state index contributed by atoms with van der Waals surface area (Å²) in [6.07, 6.45) is 7.61. The van der Waals surface area contributed by atoms with E-state index in [4.69, 9.17) is 0 Å². The molecule has 0 saturated carbocycles. The summed E-state index contributed by atoms with van der Waals surface area (Å²) in [5, 5.41) is 7.31. The van der Waals surface area contributed by atoms with Crippen LogP contribution in [0.5, 0.6) is 0 Å². The quantitative estimate of drug-likeness (QED) is 0.138. The number of allylic oxidation sites excluding steroid dienone is 4. The Balaban J connectivity index is 1.04. The van der Waals surface area contributed by atoms with Gasteiger partial charge in [0.05, 0.1) is 16.7 Å². The van der Waals surface area contributed by atoms with E-state index in [1.807, 2.05) is 0 Å². The first kappa shape index (κ1) is 40.8. The Kier molecular flexibility index (Phi) is 10.4. The number of para-hydroxylation sites is 2. The van der Waals surface area contributed by atoms with Gasteiger partial charge < -0.3 is 9.47 Å². The summed E-state index contributed by atoms with van der Waals surface area (Å²) >= 11 is 0. The normalized spacial score (nSPS) is 13.1. The highest BCUT2D eigenvalue weighted by molar-refractivity contribution is 6.19. The number of benzene rings is 9. The first-order chi connectivity index (χ1) is 32.4. The van der Waals surface area contributed by atoms with Gasteiger partial charge in [0.25, 0.3) is 0 Å². The highest BCUT2D eigenvalue weighted by Gasteiger charge is 2.37. The molecule has 1 aliphatic rings. The molecule has 1 aromatic heterocycles. The van der Waals surface area contributed by atoms with Gasteiger partial charge in [-0.15, -0.1) is 0 Å². The fourth-order valence-corrected chi connectivity index (χ4v) is 10.5. The SMILES string of the molecule is C/C=C\C(=C/CC)c1ccc(N(c2ccc(-c3ccc(-n4c5ccccc5c5ccccc5c5ccccc5c5ccccc54)cc3)cc2)c2cccc3c2-c2ccccc2C3(C)C)cc1. The lowest BCUT2D eigenvalue weighted by molar-refractivity contribution is 0.660. The first-order valence-electron chi connectivity index (χ1n) is 23.3.